The van der Waals surface area contributed by atoms with Crippen LogP contribution in [0.15, 0.2) is 120 Å². The minimum atomic E-state index is -0.145. The fourth-order valence-electron chi connectivity index (χ4n) is 13.3. The van der Waals surface area contributed by atoms with Crippen LogP contribution in [0.25, 0.3) is 44.2 Å². The van der Waals surface area contributed by atoms with E-state index in [0.29, 0.717) is 5.41 Å². The van der Waals surface area contributed by atoms with Crippen LogP contribution in [-0.4, -0.2) is 0 Å². The molecule has 1 aromatic heterocycles. The topological polar surface area (TPSA) is 16.4 Å². The first-order valence-corrected chi connectivity index (χ1v) is 22.1. The van der Waals surface area contributed by atoms with Crippen LogP contribution in [0.3, 0.4) is 0 Å². The molecular formula is C56H55NO. The lowest BCUT2D eigenvalue weighted by Gasteiger charge is -2.57. The first-order chi connectivity index (χ1) is 27.8. The summed E-state index contributed by atoms with van der Waals surface area (Å²) in [6, 6.07) is 44.6. The predicted molar refractivity (Wildman–Crippen MR) is 242 cm³/mol. The highest BCUT2D eigenvalue weighted by molar-refractivity contribution is 6.10. The monoisotopic (exact) mass is 757 g/mol. The van der Waals surface area contributed by atoms with Crippen molar-refractivity contribution < 1.29 is 4.42 Å². The predicted octanol–water partition coefficient (Wildman–Crippen LogP) is 15.4. The molecule has 2 nitrogen and oxygen atoms in total. The fraction of sp³-hybridized carbons (Fsp3) is 0.357. The van der Waals surface area contributed by atoms with Crippen molar-refractivity contribution in [1.29, 1.82) is 0 Å². The van der Waals surface area contributed by atoms with E-state index in [9.17, 15) is 0 Å². The summed E-state index contributed by atoms with van der Waals surface area (Å²) >= 11 is 0. The van der Waals surface area contributed by atoms with Gasteiger partial charge in [-0.05, 0) is 165 Å². The Morgan fingerprint density at radius 3 is 1.74 bits per heavy atom. The van der Waals surface area contributed by atoms with Crippen LogP contribution in [0.1, 0.15) is 120 Å². The van der Waals surface area contributed by atoms with Gasteiger partial charge in [0, 0.05) is 33.0 Å². The maximum absolute atomic E-state index is 7.05. The number of benzene rings is 6. The van der Waals surface area contributed by atoms with Crippen LogP contribution in [0.2, 0.25) is 0 Å². The molecule has 0 saturated heterocycles. The molecule has 0 N–H and O–H groups in total. The highest BCUT2D eigenvalue weighted by atomic mass is 16.3. The van der Waals surface area contributed by atoms with Gasteiger partial charge < -0.3 is 9.32 Å². The second kappa shape index (κ2) is 11.6. The van der Waals surface area contributed by atoms with Crippen LogP contribution in [0, 0.1) is 17.8 Å². The standard InChI is InChI=1S/C56H55NO/c1-53(2,3)36-15-19-41-43-21-18-39(29-49(43)55(6,7)47(41)27-36)57(38-17-20-42-40-11-8-9-13-46(40)54(4,5)48(42)28-38)50-14-10-12-44-45-26-37(16-22-51(45)58-52(44)50)56-30-33-23-34(31-56)25-35(24-33)32-56/h8-22,26-29,33-35H,23-25,30-32H2,1-7H3. The minimum Gasteiger partial charge on any atom is -0.454 e. The third-order valence-electron chi connectivity index (χ3n) is 16.0. The zero-order valence-corrected chi connectivity index (χ0v) is 35.3. The Morgan fingerprint density at radius 1 is 0.534 bits per heavy atom. The zero-order chi connectivity index (χ0) is 39.5. The molecule has 6 aliphatic carbocycles. The molecule has 13 rings (SSSR count). The summed E-state index contributed by atoms with van der Waals surface area (Å²) < 4.78 is 7.05. The number of hydrogen-bond acceptors (Lipinski definition) is 2. The van der Waals surface area contributed by atoms with Crippen LogP contribution >= 0.6 is 0 Å². The highest BCUT2D eigenvalue weighted by Gasteiger charge is 2.51. The van der Waals surface area contributed by atoms with E-state index >= 15 is 0 Å². The molecule has 0 spiro atoms. The van der Waals surface area contributed by atoms with Crippen molar-refractivity contribution in [2.24, 2.45) is 17.8 Å². The van der Waals surface area contributed by atoms with Crippen molar-refractivity contribution in [1.82, 2.24) is 0 Å². The van der Waals surface area contributed by atoms with Crippen molar-refractivity contribution in [3.05, 3.63) is 149 Å². The molecular weight excluding hydrogens is 703 g/mol. The van der Waals surface area contributed by atoms with Gasteiger partial charge in [0.2, 0.25) is 0 Å². The highest BCUT2D eigenvalue weighted by Crippen LogP contribution is 2.61. The molecule has 58 heavy (non-hydrogen) atoms. The molecule has 0 radical (unpaired) electrons. The van der Waals surface area contributed by atoms with Gasteiger partial charge >= 0.3 is 0 Å². The molecule has 2 heteroatoms. The summed E-state index contributed by atoms with van der Waals surface area (Å²) in [5, 5.41) is 2.47. The molecule has 0 unspecified atom stereocenters. The lowest BCUT2D eigenvalue weighted by atomic mass is 9.48. The van der Waals surface area contributed by atoms with E-state index in [1.165, 1.54) is 99.4 Å². The fourth-order valence-corrected chi connectivity index (χ4v) is 13.3. The van der Waals surface area contributed by atoms with Crippen molar-refractivity contribution in [3.63, 3.8) is 0 Å². The molecule has 6 aliphatic rings. The number of furan rings is 1. The van der Waals surface area contributed by atoms with Gasteiger partial charge in [-0.2, -0.15) is 0 Å². The van der Waals surface area contributed by atoms with Crippen LogP contribution < -0.4 is 4.90 Å². The molecule has 0 amide bonds. The van der Waals surface area contributed by atoms with E-state index in [-0.39, 0.29) is 16.2 Å². The van der Waals surface area contributed by atoms with Crippen LogP contribution in [0.4, 0.5) is 17.1 Å². The third-order valence-corrected chi connectivity index (χ3v) is 16.0. The van der Waals surface area contributed by atoms with Gasteiger partial charge in [0.05, 0.1) is 5.69 Å². The number of fused-ring (bicyclic) bond motifs is 9. The van der Waals surface area contributed by atoms with Gasteiger partial charge in [0.1, 0.15) is 5.58 Å². The molecule has 0 aliphatic heterocycles. The smallest absolute Gasteiger partial charge is 0.159 e. The number of anilines is 3. The Kier molecular flexibility index (Phi) is 6.96. The lowest BCUT2D eigenvalue weighted by molar-refractivity contribution is -0.00513. The third kappa shape index (κ3) is 4.78. The molecule has 7 aromatic rings. The second-order valence-corrected chi connectivity index (χ2v) is 21.3. The average molecular weight is 758 g/mol. The van der Waals surface area contributed by atoms with Crippen molar-refractivity contribution >= 4 is 39.0 Å². The van der Waals surface area contributed by atoms with Crippen molar-refractivity contribution in [2.75, 3.05) is 4.90 Å². The summed E-state index contributed by atoms with van der Waals surface area (Å²) in [6.45, 7) is 16.5. The van der Waals surface area contributed by atoms with Crippen LogP contribution in [0.5, 0.6) is 0 Å². The summed E-state index contributed by atoms with van der Waals surface area (Å²) in [5.41, 5.74) is 19.4. The molecule has 1 heterocycles. The van der Waals surface area contributed by atoms with E-state index in [4.69, 9.17) is 4.42 Å². The van der Waals surface area contributed by atoms with Crippen molar-refractivity contribution in [2.45, 2.75) is 109 Å². The first kappa shape index (κ1) is 34.9. The quantitative estimate of drug-likeness (QED) is 0.178. The number of nitrogens with zero attached hydrogens (tertiary/aromatic N) is 1. The van der Waals surface area contributed by atoms with E-state index in [2.05, 4.69) is 169 Å². The number of hydrogen-bond donors (Lipinski definition) is 0. The summed E-state index contributed by atoms with van der Waals surface area (Å²) in [7, 11) is 0. The summed E-state index contributed by atoms with van der Waals surface area (Å²) in [6.07, 6.45) is 8.50. The van der Waals surface area contributed by atoms with Gasteiger partial charge in [-0.25, -0.2) is 0 Å². The molecule has 4 fully saturated rings. The Balaban J connectivity index is 1.04. The number of para-hydroxylation sites is 1. The maximum Gasteiger partial charge on any atom is 0.159 e. The normalized spacial score (nSPS) is 24.2. The molecule has 0 atom stereocenters. The Morgan fingerprint density at radius 2 is 1.10 bits per heavy atom. The second-order valence-electron chi connectivity index (χ2n) is 21.3. The summed E-state index contributed by atoms with van der Waals surface area (Å²) in [4.78, 5) is 2.49. The number of rotatable bonds is 4. The van der Waals surface area contributed by atoms with E-state index in [1.807, 2.05) is 0 Å². The van der Waals surface area contributed by atoms with E-state index in [0.717, 1.165) is 46.0 Å². The Labute approximate surface area is 344 Å². The molecule has 290 valence electrons. The van der Waals surface area contributed by atoms with Crippen LogP contribution in [-0.2, 0) is 21.7 Å². The van der Waals surface area contributed by atoms with Gasteiger partial charge in [-0.1, -0.05) is 121 Å². The maximum atomic E-state index is 7.05. The van der Waals surface area contributed by atoms with E-state index in [1.54, 1.807) is 5.56 Å². The molecule has 4 bridgehead atoms. The minimum absolute atomic E-state index is 0.0874. The average Bonchev–Trinajstić information content (AvgIpc) is 3.77. The Hall–Kier alpha value is -5.08. The molecule has 6 aromatic carbocycles. The van der Waals surface area contributed by atoms with Crippen molar-refractivity contribution in [3.8, 4) is 22.3 Å². The summed E-state index contributed by atoms with van der Waals surface area (Å²) in [5.74, 6) is 2.75. The first-order valence-electron chi connectivity index (χ1n) is 22.1. The largest absolute Gasteiger partial charge is 0.454 e. The Bertz CT molecular complexity index is 2840. The lowest BCUT2D eigenvalue weighted by Crippen LogP contribution is -2.48. The zero-order valence-electron chi connectivity index (χ0n) is 35.3. The van der Waals surface area contributed by atoms with Gasteiger partial charge in [-0.15, -0.1) is 0 Å². The van der Waals surface area contributed by atoms with Gasteiger partial charge in [0.15, 0.2) is 5.58 Å². The SMILES string of the molecule is CC(C)(C)c1ccc2c(c1)C(C)(C)c1cc(N(c3ccc4c(c3)C(C)(C)c3ccccc3-4)c3cccc4c3oc3ccc(C56CC7CC(CC(C7)C5)C6)cc34)ccc1-2. The van der Waals surface area contributed by atoms with E-state index < -0.39 is 0 Å². The van der Waals surface area contributed by atoms with Gasteiger partial charge in [-0.3, -0.25) is 0 Å². The van der Waals surface area contributed by atoms with Gasteiger partial charge in [0.25, 0.3) is 0 Å². The molecule has 4 saturated carbocycles.